The van der Waals surface area contributed by atoms with Gasteiger partial charge in [-0.15, -0.1) is 0 Å². The van der Waals surface area contributed by atoms with E-state index in [2.05, 4.69) is 0 Å². The van der Waals surface area contributed by atoms with Crippen LogP contribution in [0.25, 0.3) is 0 Å². The monoisotopic (exact) mass is 264 g/mol. The van der Waals surface area contributed by atoms with Crippen molar-refractivity contribution in [3.8, 4) is 11.5 Å². The molecule has 0 unspecified atom stereocenters. The topological polar surface area (TPSA) is 61.8 Å². The molecule has 1 aromatic carbocycles. The van der Waals surface area contributed by atoms with Crippen LogP contribution in [0.3, 0.4) is 0 Å². The second-order valence-corrected chi connectivity index (χ2v) is 4.47. The number of rotatable bonds is 5. The van der Waals surface area contributed by atoms with Crippen LogP contribution in [0.2, 0.25) is 0 Å². The fourth-order valence-corrected chi connectivity index (χ4v) is 2.09. The van der Waals surface area contributed by atoms with Crippen LogP contribution in [0.5, 0.6) is 11.5 Å². The molecule has 5 heteroatoms. The molecule has 0 amide bonds. The highest BCUT2D eigenvalue weighted by Gasteiger charge is 2.58. The van der Waals surface area contributed by atoms with E-state index in [-0.39, 0.29) is 5.78 Å². The number of carbonyl (C=O) groups excluding carboxylic acids is 2. The number of esters is 1. The molecule has 0 N–H and O–H groups in total. The molecule has 1 saturated carbocycles. The summed E-state index contributed by atoms with van der Waals surface area (Å²) in [6.45, 7) is 0. The molecule has 0 spiro atoms. The predicted octanol–water partition coefficient (Wildman–Crippen LogP) is 1.84. The number of ketones is 1. The minimum Gasteiger partial charge on any atom is -0.497 e. The standard InChI is InChI=1S/C14H16O5/c1-17-9-4-5-10(11(8-9)18-2)12(15)14(6-7-14)13(16)19-3/h4-5,8H,6-7H2,1-3H3. The first kappa shape index (κ1) is 13.4. The van der Waals surface area contributed by atoms with Crippen LogP contribution >= 0.6 is 0 Å². The molecule has 0 aliphatic heterocycles. The quantitative estimate of drug-likeness (QED) is 0.461. The second-order valence-electron chi connectivity index (χ2n) is 4.47. The minimum absolute atomic E-state index is 0.251. The number of hydrogen-bond donors (Lipinski definition) is 0. The predicted molar refractivity (Wildman–Crippen MR) is 67.6 cm³/mol. The van der Waals surface area contributed by atoms with Crippen molar-refractivity contribution in [1.82, 2.24) is 0 Å². The molecule has 0 aromatic heterocycles. The van der Waals surface area contributed by atoms with E-state index in [1.807, 2.05) is 0 Å². The smallest absolute Gasteiger partial charge is 0.319 e. The van der Waals surface area contributed by atoms with Gasteiger partial charge in [-0.3, -0.25) is 9.59 Å². The van der Waals surface area contributed by atoms with Crippen LogP contribution < -0.4 is 9.47 Å². The van der Waals surface area contributed by atoms with Gasteiger partial charge in [0.2, 0.25) is 0 Å². The van der Waals surface area contributed by atoms with E-state index < -0.39 is 11.4 Å². The fraction of sp³-hybridized carbons (Fsp3) is 0.429. The molecule has 0 atom stereocenters. The van der Waals surface area contributed by atoms with Gasteiger partial charge in [-0.1, -0.05) is 0 Å². The molecule has 2 rings (SSSR count). The van der Waals surface area contributed by atoms with Gasteiger partial charge in [0.25, 0.3) is 0 Å². The summed E-state index contributed by atoms with van der Waals surface area (Å²) in [6, 6.07) is 4.91. The van der Waals surface area contributed by atoms with E-state index in [0.717, 1.165) is 0 Å². The highest BCUT2D eigenvalue weighted by molar-refractivity contribution is 6.16. The Labute approximate surface area is 111 Å². The van der Waals surface area contributed by atoms with Crippen LogP contribution in [0, 0.1) is 5.41 Å². The number of ether oxygens (including phenoxy) is 3. The average Bonchev–Trinajstić information content (AvgIpc) is 3.26. The third-order valence-corrected chi connectivity index (χ3v) is 3.41. The van der Waals surface area contributed by atoms with Gasteiger partial charge in [-0.05, 0) is 25.0 Å². The van der Waals surface area contributed by atoms with Gasteiger partial charge in [0.1, 0.15) is 16.9 Å². The molecule has 0 saturated heterocycles. The molecule has 0 bridgehead atoms. The van der Waals surface area contributed by atoms with Crippen LogP contribution in [-0.2, 0) is 9.53 Å². The lowest BCUT2D eigenvalue weighted by atomic mass is 9.94. The summed E-state index contributed by atoms with van der Waals surface area (Å²) in [5.41, 5.74) is -0.637. The molecular weight excluding hydrogens is 248 g/mol. The first-order chi connectivity index (χ1) is 9.08. The minimum atomic E-state index is -1.02. The Balaban J connectivity index is 2.37. The van der Waals surface area contributed by atoms with Crippen molar-refractivity contribution < 1.29 is 23.8 Å². The van der Waals surface area contributed by atoms with E-state index >= 15 is 0 Å². The third kappa shape index (κ3) is 2.16. The Bertz CT molecular complexity index is 517. The molecule has 0 heterocycles. The highest BCUT2D eigenvalue weighted by Crippen LogP contribution is 2.50. The highest BCUT2D eigenvalue weighted by atomic mass is 16.5. The molecule has 0 radical (unpaired) electrons. The first-order valence-electron chi connectivity index (χ1n) is 5.94. The molecule has 102 valence electrons. The van der Waals surface area contributed by atoms with Crippen LogP contribution in [0.4, 0.5) is 0 Å². The van der Waals surface area contributed by atoms with E-state index in [4.69, 9.17) is 14.2 Å². The lowest BCUT2D eigenvalue weighted by Gasteiger charge is -2.14. The largest absolute Gasteiger partial charge is 0.497 e. The zero-order chi connectivity index (χ0) is 14.0. The van der Waals surface area contributed by atoms with Crippen molar-refractivity contribution in [3.05, 3.63) is 23.8 Å². The second kappa shape index (κ2) is 4.91. The lowest BCUT2D eigenvalue weighted by Crippen LogP contribution is -2.27. The van der Waals surface area contributed by atoms with Crippen molar-refractivity contribution in [1.29, 1.82) is 0 Å². The van der Waals surface area contributed by atoms with E-state index in [1.54, 1.807) is 18.2 Å². The molecule has 1 fully saturated rings. The van der Waals surface area contributed by atoms with Gasteiger partial charge in [-0.25, -0.2) is 0 Å². The molecular formula is C14H16O5. The zero-order valence-electron chi connectivity index (χ0n) is 11.2. The Morgan fingerprint density at radius 2 is 1.79 bits per heavy atom. The van der Waals surface area contributed by atoms with Crippen molar-refractivity contribution in [2.24, 2.45) is 5.41 Å². The average molecular weight is 264 g/mol. The first-order valence-corrected chi connectivity index (χ1v) is 5.94. The van der Waals surface area contributed by atoms with Crippen LogP contribution in [0.1, 0.15) is 23.2 Å². The third-order valence-electron chi connectivity index (χ3n) is 3.41. The normalized spacial score (nSPS) is 15.5. The van der Waals surface area contributed by atoms with Gasteiger partial charge < -0.3 is 14.2 Å². The Kier molecular flexibility index (Phi) is 3.46. The van der Waals surface area contributed by atoms with Crippen molar-refractivity contribution in [2.75, 3.05) is 21.3 Å². The summed E-state index contributed by atoms with van der Waals surface area (Å²) in [5, 5.41) is 0. The van der Waals surface area contributed by atoms with Crippen LogP contribution in [0.15, 0.2) is 18.2 Å². The Hall–Kier alpha value is -2.04. The number of hydrogen-bond acceptors (Lipinski definition) is 5. The summed E-state index contributed by atoms with van der Waals surface area (Å²) in [6.07, 6.45) is 1.04. The zero-order valence-corrected chi connectivity index (χ0v) is 11.2. The molecule has 1 aromatic rings. The maximum absolute atomic E-state index is 12.5. The van der Waals surface area contributed by atoms with Gasteiger partial charge in [-0.2, -0.15) is 0 Å². The van der Waals surface area contributed by atoms with Crippen molar-refractivity contribution in [2.45, 2.75) is 12.8 Å². The van der Waals surface area contributed by atoms with Crippen molar-refractivity contribution >= 4 is 11.8 Å². The number of benzene rings is 1. The van der Waals surface area contributed by atoms with E-state index in [9.17, 15) is 9.59 Å². The van der Waals surface area contributed by atoms with Gasteiger partial charge in [0, 0.05) is 6.07 Å². The molecule has 1 aliphatic carbocycles. The lowest BCUT2D eigenvalue weighted by molar-refractivity contribution is -0.145. The van der Waals surface area contributed by atoms with E-state index in [0.29, 0.717) is 29.9 Å². The summed E-state index contributed by atoms with van der Waals surface area (Å²) in [5.74, 6) is 0.269. The van der Waals surface area contributed by atoms with Gasteiger partial charge in [0.05, 0.1) is 26.9 Å². The molecule has 1 aliphatic rings. The fourth-order valence-electron chi connectivity index (χ4n) is 2.09. The maximum atomic E-state index is 12.5. The van der Waals surface area contributed by atoms with Gasteiger partial charge in [0.15, 0.2) is 5.78 Å². The SMILES string of the molecule is COC(=O)C1(C(=O)c2ccc(OC)cc2OC)CC1. The Morgan fingerprint density at radius 1 is 1.11 bits per heavy atom. The summed E-state index contributed by atoms with van der Waals surface area (Å²) >= 11 is 0. The Morgan fingerprint density at radius 3 is 2.26 bits per heavy atom. The molecule has 19 heavy (non-hydrogen) atoms. The van der Waals surface area contributed by atoms with Gasteiger partial charge >= 0.3 is 5.97 Å². The maximum Gasteiger partial charge on any atom is 0.319 e. The summed E-state index contributed by atoms with van der Waals surface area (Å²) < 4.78 is 15.0. The molecule has 5 nitrogen and oxygen atoms in total. The number of methoxy groups -OCH3 is 3. The van der Waals surface area contributed by atoms with Crippen LogP contribution in [-0.4, -0.2) is 33.1 Å². The summed E-state index contributed by atoms with van der Waals surface area (Å²) in [4.78, 5) is 24.2. The van der Waals surface area contributed by atoms with Crippen molar-refractivity contribution in [3.63, 3.8) is 0 Å². The van der Waals surface area contributed by atoms with E-state index in [1.165, 1.54) is 21.3 Å². The summed E-state index contributed by atoms with van der Waals surface area (Å²) in [7, 11) is 4.30. The number of Topliss-reactive ketones (excluding diaryl/α,β-unsaturated/α-hetero) is 1. The number of carbonyl (C=O) groups is 2.